The van der Waals surface area contributed by atoms with Gasteiger partial charge >= 0.3 is 0 Å². The van der Waals surface area contributed by atoms with E-state index in [0.29, 0.717) is 22.9 Å². The second kappa shape index (κ2) is 4.05. The average Bonchev–Trinajstić information content (AvgIpc) is 2.93. The van der Waals surface area contributed by atoms with Crippen molar-refractivity contribution in [1.82, 2.24) is 4.90 Å². The lowest BCUT2D eigenvalue weighted by Crippen LogP contribution is -2.27. The third-order valence-electron chi connectivity index (χ3n) is 3.46. The first-order chi connectivity index (χ1) is 8.63. The number of hydrogen-bond donors (Lipinski definition) is 1. The molecule has 1 aromatic heterocycles. The maximum absolute atomic E-state index is 12.2. The molecule has 0 spiro atoms. The van der Waals surface area contributed by atoms with Crippen molar-refractivity contribution in [2.24, 2.45) is 5.92 Å². The lowest BCUT2D eigenvalue weighted by Gasteiger charge is -2.13. The highest BCUT2D eigenvalue weighted by Gasteiger charge is 2.26. The van der Waals surface area contributed by atoms with E-state index in [9.17, 15) is 4.79 Å². The fourth-order valence-electron chi connectivity index (χ4n) is 2.44. The van der Waals surface area contributed by atoms with Crippen molar-refractivity contribution in [3.63, 3.8) is 0 Å². The van der Waals surface area contributed by atoms with E-state index in [4.69, 9.17) is 10.2 Å². The number of likely N-dealkylation sites (tertiary alicyclic amines) is 1. The molecule has 1 aromatic carbocycles. The molecule has 4 heteroatoms. The summed E-state index contributed by atoms with van der Waals surface area (Å²) in [5.74, 6) is 0.966. The molecule has 1 aliphatic heterocycles. The Kier molecular flexibility index (Phi) is 2.51. The van der Waals surface area contributed by atoms with Crippen LogP contribution in [-0.4, -0.2) is 23.9 Å². The van der Waals surface area contributed by atoms with Crippen LogP contribution in [0, 0.1) is 5.92 Å². The molecule has 2 N–H and O–H groups in total. The van der Waals surface area contributed by atoms with Crippen LogP contribution in [-0.2, 0) is 0 Å². The number of benzene rings is 1. The van der Waals surface area contributed by atoms with Crippen molar-refractivity contribution in [2.45, 2.75) is 13.3 Å². The van der Waals surface area contributed by atoms with Crippen molar-refractivity contribution in [3.8, 4) is 0 Å². The van der Waals surface area contributed by atoms with Crippen LogP contribution < -0.4 is 5.73 Å². The van der Waals surface area contributed by atoms with E-state index in [-0.39, 0.29) is 5.91 Å². The number of nitrogens with two attached hydrogens (primary N) is 1. The van der Waals surface area contributed by atoms with Crippen LogP contribution >= 0.6 is 0 Å². The Bertz CT molecular complexity index is 603. The Morgan fingerprint density at radius 1 is 1.44 bits per heavy atom. The fraction of sp³-hybridized carbons (Fsp3) is 0.357. The highest BCUT2D eigenvalue weighted by Crippen LogP contribution is 2.24. The van der Waals surface area contributed by atoms with Crippen LogP contribution in [0.3, 0.4) is 0 Å². The van der Waals surface area contributed by atoms with Gasteiger partial charge < -0.3 is 15.1 Å². The van der Waals surface area contributed by atoms with Crippen LogP contribution in [0.2, 0.25) is 0 Å². The van der Waals surface area contributed by atoms with Crippen molar-refractivity contribution in [3.05, 3.63) is 30.0 Å². The molecule has 2 aromatic rings. The minimum Gasteiger partial charge on any atom is -0.451 e. The summed E-state index contributed by atoms with van der Waals surface area (Å²) in [4.78, 5) is 14.1. The Balaban J connectivity index is 1.92. The quantitative estimate of drug-likeness (QED) is 0.784. The van der Waals surface area contributed by atoms with Gasteiger partial charge in [-0.3, -0.25) is 4.79 Å². The van der Waals surface area contributed by atoms with Gasteiger partial charge in [-0.2, -0.15) is 0 Å². The number of carbonyl (C=O) groups is 1. The van der Waals surface area contributed by atoms with Gasteiger partial charge in [0.25, 0.3) is 5.91 Å². The minimum atomic E-state index is -0.0193. The summed E-state index contributed by atoms with van der Waals surface area (Å²) in [6.45, 7) is 3.80. The number of fused-ring (bicyclic) bond motifs is 1. The molecule has 1 fully saturated rings. The van der Waals surface area contributed by atoms with E-state index in [1.807, 2.05) is 11.0 Å². The van der Waals surface area contributed by atoms with E-state index in [1.54, 1.807) is 18.2 Å². The lowest BCUT2D eigenvalue weighted by atomic mass is 10.2. The van der Waals surface area contributed by atoms with Gasteiger partial charge in [0.2, 0.25) is 0 Å². The van der Waals surface area contributed by atoms with Crippen LogP contribution in [0.15, 0.2) is 28.7 Å². The summed E-state index contributed by atoms with van der Waals surface area (Å²) >= 11 is 0. The number of nitrogen functional groups attached to an aromatic ring is 1. The Labute approximate surface area is 105 Å². The second-order valence-electron chi connectivity index (χ2n) is 5.05. The van der Waals surface area contributed by atoms with Crippen molar-refractivity contribution in [1.29, 1.82) is 0 Å². The third-order valence-corrected chi connectivity index (χ3v) is 3.46. The topological polar surface area (TPSA) is 59.5 Å². The molecule has 1 unspecified atom stereocenters. The number of rotatable bonds is 1. The summed E-state index contributed by atoms with van der Waals surface area (Å²) in [5.41, 5.74) is 7.10. The summed E-state index contributed by atoms with van der Waals surface area (Å²) in [6, 6.07) is 7.17. The highest BCUT2D eigenvalue weighted by atomic mass is 16.3. The molecule has 2 heterocycles. The molecule has 94 valence electrons. The zero-order valence-electron chi connectivity index (χ0n) is 10.3. The monoisotopic (exact) mass is 244 g/mol. The maximum atomic E-state index is 12.2. The summed E-state index contributed by atoms with van der Waals surface area (Å²) in [6.07, 6.45) is 1.07. The number of anilines is 1. The lowest BCUT2D eigenvalue weighted by molar-refractivity contribution is 0.0759. The van der Waals surface area contributed by atoms with Gasteiger partial charge in [0.1, 0.15) is 5.58 Å². The second-order valence-corrected chi connectivity index (χ2v) is 5.05. The van der Waals surface area contributed by atoms with Gasteiger partial charge in [0.05, 0.1) is 0 Å². The maximum Gasteiger partial charge on any atom is 0.289 e. The van der Waals surface area contributed by atoms with E-state index in [1.165, 1.54) is 0 Å². The zero-order chi connectivity index (χ0) is 12.7. The molecule has 1 saturated heterocycles. The molecule has 1 amide bonds. The number of furan rings is 1. The zero-order valence-corrected chi connectivity index (χ0v) is 10.3. The molecule has 0 saturated carbocycles. The molecule has 0 radical (unpaired) electrons. The summed E-state index contributed by atoms with van der Waals surface area (Å²) < 4.78 is 5.59. The van der Waals surface area contributed by atoms with Crippen molar-refractivity contribution >= 4 is 22.6 Å². The van der Waals surface area contributed by atoms with Crippen molar-refractivity contribution < 1.29 is 9.21 Å². The number of nitrogens with zero attached hydrogens (tertiary/aromatic N) is 1. The standard InChI is InChI=1S/C14H16N2O2/c1-9-4-5-16(8-9)14(17)13-7-10-6-11(15)2-3-12(10)18-13/h2-3,6-7,9H,4-5,8,15H2,1H3. The van der Waals surface area contributed by atoms with Gasteiger partial charge in [-0.15, -0.1) is 0 Å². The van der Waals surface area contributed by atoms with Crippen LogP contribution in [0.5, 0.6) is 0 Å². The Morgan fingerprint density at radius 2 is 2.28 bits per heavy atom. The molecule has 4 nitrogen and oxygen atoms in total. The van der Waals surface area contributed by atoms with Gasteiger partial charge in [0.15, 0.2) is 5.76 Å². The average molecular weight is 244 g/mol. The Hall–Kier alpha value is -1.97. The van der Waals surface area contributed by atoms with E-state index >= 15 is 0 Å². The van der Waals surface area contributed by atoms with E-state index in [2.05, 4.69) is 6.92 Å². The molecule has 18 heavy (non-hydrogen) atoms. The van der Waals surface area contributed by atoms with Crippen LogP contribution in [0.25, 0.3) is 11.0 Å². The van der Waals surface area contributed by atoms with Crippen LogP contribution in [0.4, 0.5) is 5.69 Å². The first-order valence-electron chi connectivity index (χ1n) is 6.22. The number of hydrogen-bond acceptors (Lipinski definition) is 3. The predicted molar refractivity (Wildman–Crippen MR) is 70.3 cm³/mol. The molecule has 1 aliphatic rings. The van der Waals surface area contributed by atoms with Crippen LogP contribution in [0.1, 0.15) is 23.9 Å². The Morgan fingerprint density at radius 3 is 3.00 bits per heavy atom. The smallest absolute Gasteiger partial charge is 0.289 e. The fourth-order valence-corrected chi connectivity index (χ4v) is 2.44. The van der Waals surface area contributed by atoms with Gasteiger partial charge in [-0.1, -0.05) is 6.92 Å². The summed E-state index contributed by atoms with van der Waals surface area (Å²) in [7, 11) is 0. The summed E-state index contributed by atoms with van der Waals surface area (Å²) in [5, 5.41) is 0.880. The molecular weight excluding hydrogens is 228 g/mol. The third kappa shape index (κ3) is 1.83. The SMILES string of the molecule is CC1CCN(C(=O)c2cc3cc(N)ccc3o2)C1. The molecular formula is C14H16N2O2. The van der Waals surface area contributed by atoms with Gasteiger partial charge in [-0.25, -0.2) is 0 Å². The van der Waals surface area contributed by atoms with Crippen molar-refractivity contribution in [2.75, 3.05) is 18.8 Å². The first kappa shape index (κ1) is 11.1. The first-order valence-corrected chi connectivity index (χ1v) is 6.22. The number of carbonyl (C=O) groups excluding carboxylic acids is 1. The normalized spacial score (nSPS) is 19.6. The molecule has 0 aliphatic carbocycles. The minimum absolute atomic E-state index is 0.0193. The molecule has 3 rings (SSSR count). The van der Waals surface area contributed by atoms with E-state index in [0.717, 1.165) is 24.9 Å². The molecule has 0 bridgehead atoms. The molecule has 1 atom stereocenters. The largest absolute Gasteiger partial charge is 0.451 e. The van der Waals surface area contributed by atoms with Gasteiger partial charge in [0, 0.05) is 24.2 Å². The highest BCUT2D eigenvalue weighted by molar-refractivity contribution is 5.96. The number of amides is 1. The predicted octanol–water partition coefficient (Wildman–Crippen LogP) is 2.50. The van der Waals surface area contributed by atoms with Gasteiger partial charge in [-0.05, 0) is 36.6 Å². The van der Waals surface area contributed by atoms with E-state index < -0.39 is 0 Å².